The quantitative estimate of drug-likeness (QED) is 0.790. The van der Waals surface area contributed by atoms with Crippen molar-refractivity contribution in [3.05, 3.63) is 34.5 Å². The van der Waals surface area contributed by atoms with E-state index in [9.17, 15) is 4.79 Å². The molecule has 15 heavy (non-hydrogen) atoms. The van der Waals surface area contributed by atoms with Crippen LogP contribution in [0, 0.1) is 0 Å². The van der Waals surface area contributed by atoms with Gasteiger partial charge in [0.15, 0.2) is 5.82 Å². The van der Waals surface area contributed by atoms with Crippen molar-refractivity contribution in [3.63, 3.8) is 0 Å². The molecule has 0 bridgehead atoms. The lowest BCUT2D eigenvalue weighted by Gasteiger charge is -1.91. The molecule has 0 saturated carbocycles. The lowest BCUT2D eigenvalue weighted by molar-refractivity contribution is 0.422. The predicted molar refractivity (Wildman–Crippen MR) is 54.6 cm³/mol. The summed E-state index contributed by atoms with van der Waals surface area (Å²) < 4.78 is 4.97. The highest BCUT2D eigenvalue weighted by Gasteiger charge is 2.12. The second-order valence-electron chi connectivity index (χ2n) is 3.02. The summed E-state index contributed by atoms with van der Waals surface area (Å²) in [7, 11) is 0. The van der Waals surface area contributed by atoms with Crippen LogP contribution in [0.15, 0.2) is 27.6 Å². The standard InChI is InChI=1S/C9H8ClN3O2/c1-5(10)8-12-9(15-13-8)6-2-3-11-7(14)4-6/h2-5H,1H3,(H,11,14). The van der Waals surface area contributed by atoms with Gasteiger partial charge >= 0.3 is 0 Å². The Morgan fingerprint density at radius 3 is 3.00 bits per heavy atom. The van der Waals surface area contributed by atoms with Crippen LogP contribution in [0.3, 0.4) is 0 Å². The Hall–Kier alpha value is -1.62. The maximum absolute atomic E-state index is 11.0. The molecule has 5 nitrogen and oxygen atoms in total. The monoisotopic (exact) mass is 225 g/mol. The van der Waals surface area contributed by atoms with Crippen molar-refractivity contribution in [2.75, 3.05) is 0 Å². The molecule has 2 heterocycles. The molecule has 0 fully saturated rings. The number of nitrogens with one attached hydrogen (secondary N) is 1. The molecule has 2 rings (SSSR count). The van der Waals surface area contributed by atoms with Crippen LogP contribution in [0.4, 0.5) is 0 Å². The van der Waals surface area contributed by atoms with Crippen molar-refractivity contribution in [2.45, 2.75) is 12.3 Å². The molecule has 0 saturated heterocycles. The van der Waals surface area contributed by atoms with Crippen molar-refractivity contribution in [1.29, 1.82) is 0 Å². The average Bonchev–Trinajstić information content (AvgIpc) is 2.66. The molecule has 1 atom stereocenters. The maximum atomic E-state index is 11.0. The zero-order chi connectivity index (χ0) is 10.8. The van der Waals surface area contributed by atoms with Gasteiger partial charge in [0, 0.05) is 17.8 Å². The van der Waals surface area contributed by atoms with Gasteiger partial charge in [-0.1, -0.05) is 5.16 Å². The van der Waals surface area contributed by atoms with E-state index in [0.717, 1.165) is 0 Å². The van der Waals surface area contributed by atoms with Gasteiger partial charge in [-0.25, -0.2) is 0 Å². The zero-order valence-electron chi connectivity index (χ0n) is 7.90. The van der Waals surface area contributed by atoms with Crippen molar-refractivity contribution < 1.29 is 4.52 Å². The lowest BCUT2D eigenvalue weighted by atomic mass is 10.3. The summed E-state index contributed by atoms with van der Waals surface area (Å²) in [4.78, 5) is 17.6. The topological polar surface area (TPSA) is 71.8 Å². The number of hydrogen-bond donors (Lipinski definition) is 1. The molecule has 6 heteroatoms. The van der Waals surface area contributed by atoms with Crippen molar-refractivity contribution in [1.82, 2.24) is 15.1 Å². The second kappa shape index (κ2) is 3.86. The van der Waals surface area contributed by atoms with Gasteiger partial charge < -0.3 is 9.51 Å². The molecule has 0 radical (unpaired) electrons. The van der Waals surface area contributed by atoms with Gasteiger partial charge in [0.2, 0.25) is 5.56 Å². The Morgan fingerprint density at radius 1 is 1.60 bits per heavy atom. The fourth-order valence-electron chi connectivity index (χ4n) is 1.09. The molecule has 0 aliphatic rings. The van der Waals surface area contributed by atoms with E-state index in [1.54, 1.807) is 13.0 Å². The fourth-order valence-corrected chi connectivity index (χ4v) is 1.18. The van der Waals surface area contributed by atoms with E-state index < -0.39 is 0 Å². The average molecular weight is 226 g/mol. The first-order valence-corrected chi connectivity index (χ1v) is 4.77. The molecular formula is C9H8ClN3O2. The molecular weight excluding hydrogens is 218 g/mol. The minimum atomic E-state index is -0.315. The third-order valence-electron chi connectivity index (χ3n) is 1.82. The Bertz CT molecular complexity index is 518. The van der Waals surface area contributed by atoms with Crippen LogP contribution >= 0.6 is 11.6 Å². The van der Waals surface area contributed by atoms with Crippen LogP contribution in [0.25, 0.3) is 11.5 Å². The first kappa shape index (κ1) is 9.92. The van der Waals surface area contributed by atoms with Gasteiger partial charge in [-0.05, 0) is 13.0 Å². The molecule has 1 N–H and O–H groups in total. The van der Waals surface area contributed by atoms with Crippen molar-refractivity contribution in [2.24, 2.45) is 0 Å². The number of aromatic nitrogens is 3. The molecule has 2 aromatic heterocycles. The Labute approximate surface area is 90.1 Å². The smallest absolute Gasteiger partial charge is 0.258 e. The van der Waals surface area contributed by atoms with Gasteiger partial charge in [0.05, 0.1) is 5.38 Å². The van der Waals surface area contributed by atoms with Gasteiger partial charge in [0.25, 0.3) is 5.89 Å². The third kappa shape index (κ3) is 2.07. The number of H-pyrrole nitrogens is 1. The van der Waals surface area contributed by atoms with Crippen LogP contribution in [-0.2, 0) is 0 Å². The second-order valence-corrected chi connectivity index (χ2v) is 3.67. The molecule has 0 aliphatic heterocycles. The largest absolute Gasteiger partial charge is 0.334 e. The fraction of sp³-hybridized carbons (Fsp3) is 0.222. The highest BCUT2D eigenvalue weighted by molar-refractivity contribution is 6.20. The number of nitrogens with zero attached hydrogens (tertiary/aromatic N) is 2. The predicted octanol–water partition coefficient (Wildman–Crippen LogP) is 1.72. The van der Waals surface area contributed by atoms with Crippen molar-refractivity contribution in [3.8, 4) is 11.5 Å². The molecule has 0 aliphatic carbocycles. The van der Waals surface area contributed by atoms with E-state index >= 15 is 0 Å². The summed E-state index contributed by atoms with van der Waals surface area (Å²) in [5.41, 5.74) is 0.362. The number of aromatic amines is 1. The van der Waals surface area contributed by atoms with Gasteiger partial charge in [0.1, 0.15) is 0 Å². The molecule has 0 spiro atoms. The summed E-state index contributed by atoms with van der Waals surface area (Å²) in [5, 5.41) is 3.38. The van der Waals surface area contributed by atoms with E-state index in [0.29, 0.717) is 17.3 Å². The molecule has 0 aromatic carbocycles. The van der Waals surface area contributed by atoms with E-state index in [1.807, 2.05) is 0 Å². The summed E-state index contributed by atoms with van der Waals surface area (Å²) in [6.45, 7) is 1.74. The highest BCUT2D eigenvalue weighted by Crippen LogP contribution is 2.20. The summed E-state index contributed by atoms with van der Waals surface area (Å²) >= 11 is 5.78. The van der Waals surface area contributed by atoms with Gasteiger partial charge in [-0.3, -0.25) is 4.79 Å². The number of pyridine rings is 1. The van der Waals surface area contributed by atoms with Crippen LogP contribution in [0.2, 0.25) is 0 Å². The van der Waals surface area contributed by atoms with Crippen LogP contribution in [0.1, 0.15) is 18.1 Å². The molecule has 0 amide bonds. The molecule has 2 aromatic rings. The summed E-state index contributed by atoms with van der Waals surface area (Å²) in [6.07, 6.45) is 1.52. The minimum absolute atomic E-state index is 0.217. The van der Waals surface area contributed by atoms with Crippen LogP contribution < -0.4 is 5.56 Å². The Balaban J connectivity index is 2.41. The maximum Gasteiger partial charge on any atom is 0.258 e. The number of hydrogen-bond acceptors (Lipinski definition) is 4. The van der Waals surface area contributed by atoms with E-state index in [2.05, 4.69) is 15.1 Å². The minimum Gasteiger partial charge on any atom is -0.334 e. The third-order valence-corrected chi connectivity index (χ3v) is 2.01. The Kier molecular flexibility index (Phi) is 2.55. The SMILES string of the molecule is CC(Cl)c1noc(-c2cc[nH]c(=O)c2)n1. The first-order chi connectivity index (χ1) is 7.16. The normalized spacial score (nSPS) is 12.7. The van der Waals surface area contributed by atoms with Crippen molar-refractivity contribution >= 4 is 11.6 Å². The summed E-state index contributed by atoms with van der Waals surface area (Å²) in [5.74, 6) is 0.704. The van der Waals surface area contributed by atoms with E-state index in [-0.39, 0.29) is 10.9 Å². The molecule has 1 unspecified atom stereocenters. The first-order valence-electron chi connectivity index (χ1n) is 4.33. The number of alkyl halides is 1. The lowest BCUT2D eigenvalue weighted by Crippen LogP contribution is -2.02. The van der Waals surface area contributed by atoms with E-state index in [1.165, 1.54) is 12.3 Å². The highest BCUT2D eigenvalue weighted by atomic mass is 35.5. The van der Waals surface area contributed by atoms with Gasteiger partial charge in [-0.2, -0.15) is 4.98 Å². The Morgan fingerprint density at radius 2 is 2.40 bits per heavy atom. The van der Waals surface area contributed by atoms with Gasteiger partial charge in [-0.15, -0.1) is 11.6 Å². The number of rotatable bonds is 2. The van der Waals surface area contributed by atoms with Crippen LogP contribution in [0.5, 0.6) is 0 Å². The zero-order valence-corrected chi connectivity index (χ0v) is 8.65. The summed E-state index contributed by atoms with van der Waals surface area (Å²) in [6, 6.07) is 3.06. The number of halogens is 1. The molecule has 78 valence electrons. The van der Waals surface area contributed by atoms with E-state index in [4.69, 9.17) is 16.1 Å². The van der Waals surface area contributed by atoms with Crippen LogP contribution in [-0.4, -0.2) is 15.1 Å².